The van der Waals surface area contributed by atoms with Crippen LogP contribution in [0.4, 0.5) is 32.2 Å². The van der Waals surface area contributed by atoms with Gasteiger partial charge in [0.2, 0.25) is 0 Å². The number of alkyl halides is 6. The molecular weight excluding hydrogens is 452 g/mol. The predicted octanol–water partition coefficient (Wildman–Crippen LogP) is 2.64. The number of halogens is 6. The Morgan fingerprint density at radius 2 is 1.69 bits per heavy atom. The van der Waals surface area contributed by atoms with Crippen LogP contribution in [0.1, 0.15) is 12.0 Å². The standard InChI is InChI=1S/C14H21N3O.2C2HF3O2/c1-16-6-7-17(9-12-4-8-18-11-12)10-13-3-2-5-15-14(13)16;2*3-2(4,5)1(6)7/h2-3,5,12H,4,6-11H2,1H3;2*(H,6,7). The van der Waals surface area contributed by atoms with E-state index in [-0.39, 0.29) is 0 Å². The van der Waals surface area contributed by atoms with Crippen molar-refractivity contribution >= 4 is 17.8 Å². The van der Waals surface area contributed by atoms with Crippen LogP contribution in [0.5, 0.6) is 0 Å². The average molecular weight is 475 g/mol. The zero-order valence-electron chi connectivity index (χ0n) is 17.0. The lowest BCUT2D eigenvalue weighted by molar-refractivity contribution is -0.193. The van der Waals surface area contributed by atoms with Gasteiger partial charge < -0.3 is 19.8 Å². The van der Waals surface area contributed by atoms with Crippen molar-refractivity contribution in [1.82, 2.24) is 9.88 Å². The van der Waals surface area contributed by atoms with Crippen LogP contribution in [-0.2, 0) is 20.9 Å². The monoisotopic (exact) mass is 475 g/mol. The fourth-order valence-electron chi connectivity index (χ4n) is 2.86. The number of carboxylic acids is 2. The molecule has 8 nitrogen and oxygen atoms in total. The van der Waals surface area contributed by atoms with Crippen LogP contribution in [0, 0.1) is 5.92 Å². The van der Waals surface area contributed by atoms with Gasteiger partial charge in [0.1, 0.15) is 5.82 Å². The van der Waals surface area contributed by atoms with E-state index in [1.165, 1.54) is 12.0 Å². The first-order valence-electron chi connectivity index (χ1n) is 9.27. The van der Waals surface area contributed by atoms with E-state index in [0.29, 0.717) is 5.92 Å². The Bertz CT molecular complexity index is 729. The Kier molecular flexibility index (Phi) is 10.2. The molecule has 2 aliphatic rings. The molecule has 1 aromatic heterocycles. The van der Waals surface area contributed by atoms with E-state index >= 15 is 0 Å². The van der Waals surface area contributed by atoms with Gasteiger partial charge in [0.25, 0.3) is 0 Å². The molecule has 1 saturated heterocycles. The molecule has 0 spiro atoms. The lowest BCUT2D eigenvalue weighted by atomic mass is 10.1. The van der Waals surface area contributed by atoms with Crippen molar-refractivity contribution in [2.45, 2.75) is 25.3 Å². The van der Waals surface area contributed by atoms with E-state index in [1.54, 1.807) is 0 Å². The van der Waals surface area contributed by atoms with Gasteiger partial charge in [-0.1, -0.05) is 6.07 Å². The third-order valence-electron chi connectivity index (χ3n) is 4.40. The van der Waals surface area contributed by atoms with Crippen molar-refractivity contribution in [3.05, 3.63) is 23.9 Å². The number of ether oxygens (including phenoxy) is 1. The summed E-state index contributed by atoms with van der Waals surface area (Å²) in [5.41, 5.74) is 1.34. The van der Waals surface area contributed by atoms with Gasteiger partial charge in [0.15, 0.2) is 0 Å². The van der Waals surface area contributed by atoms with Crippen LogP contribution < -0.4 is 4.90 Å². The number of anilines is 1. The van der Waals surface area contributed by atoms with Crippen molar-refractivity contribution in [3.63, 3.8) is 0 Å². The minimum atomic E-state index is -5.08. The third-order valence-corrected chi connectivity index (χ3v) is 4.40. The first-order chi connectivity index (χ1) is 14.7. The third kappa shape index (κ3) is 9.68. The van der Waals surface area contributed by atoms with E-state index in [0.717, 1.165) is 45.2 Å². The molecule has 0 bridgehead atoms. The summed E-state index contributed by atoms with van der Waals surface area (Å²) >= 11 is 0. The summed E-state index contributed by atoms with van der Waals surface area (Å²) in [6.45, 7) is 6.22. The summed E-state index contributed by atoms with van der Waals surface area (Å²) in [5.74, 6) is -3.66. The Morgan fingerprint density at radius 1 is 1.12 bits per heavy atom. The smallest absolute Gasteiger partial charge is 0.475 e. The Balaban J connectivity index is 0.000000305. The maximum Gasteiger partial charge on any atom is 0.490 e. The normalized spacial score (nSPS) is 19.0. The second-order valence-corrected chi connectivity index (χ2v) is 6.98. The maximum atomic E-state index is 10.6. The Hall–Kier alpha value is -2.61. The summed E-state index contributed by atoms with van der Waals surface area (Å²) in [4.78, 5) is 27.1. The predicted molar refractivity (Wildman–Crippen MR) is 99.1 cm³/mol. The quantitative estimate of drug-likeness (QED) is 0.630. The number of rotatable bonds is 2. The number of aliphatic carboxylic acids is 2. The maximum absolute atomic E-state index is 10.6. The summed E-state index contributed by atoms with van der Waals surface area (Å²) in [6, 6.07) is 4.23. The summed E-state index contributed by atoms with van der Waals surface area (Å²) in [6.07, 6.45) is -7.07. The van der Waals surface area contributed by atoms with E-state index in [4.69, 9.17) is 24.5 Å². The molecule has 32 heavy (non-hydrogen) atoms. The van der Waals surface area contributed by atoms with Crippen LogP contribution in [0.15, 0.2) is 18.3 Å². The number of carbonyl (C=O) groups is 2. The number of aromatic nitrogens is 1. The molecule has 0 radical (unpaired) electrons. The molecule has 1 atom stereocenters. The van der Waals surface area contributed by atoms with Crippen LogP contribution in [-0.4, -0.2) is 84.3 Å². The largest absolute Gasteiger partial charge is 0.490 e. The van der Waals surface area contributed by atoms with E-state index in [2.05, 4.69) is 27.9 Å². The fraction of sp³-hybridized carbons (Fsp3) is 0.611. The number of nitrogens with zero attached hydrogens (tertiary/aromatic N) is 3. The van der Waals surface area contributed by atoms with Crippen LogP contribution >= 0.6 is 0 Å². The molecule has 0 aromatic carbocycles. The molecule has 1 aromatic rings. The highest BCUT2D eigenvalue weighted by atomic mass is 19.4. The molecule has 182 valence electrons. The zero-order valence-corrected chi connectivity index (χ0v) is 17.0. The topological polar surface area (TPSA) is 103 Å². The molecule has 2 aliphatic heterocycles. The zero-order chi connectivity index (χ0) is 24.5. The molecular formula is C18H23F6N3O5. The Labute approximate surface area is 179 Å². The lowest BCUT2D eigenvalue weighted by Gasteiger charge is -2.23. The van der Waals surface area contributed by atoms with Gasteiger partial charge in [-0.25, -0.2) is 14.6 Å². The first kappa shape index (κ1) is 27.4. The Morgan fingerprint density at radius 3 is 2.16 bits per heavy atom. The number of likely N-dealkylation sites (N-methyl/N-ethyl adjacent to an activating group) is 1. The fourth-order valence-corrected chi connectivity index (χ4v) is 2.86. The lowest BCUT2D eigenvalue weighted by Crippen LogP contribution is -2.33. The SMILES string of the molecule is CN1CCN(CC2CCOC2)Cc2cccnc21.O=C(O)C(F)(F)F.O=C(O)C(F)(F)F. The first-order valence-corrected chi connectivity index (χ1v) is 9.27. The molecule has 3 rings (SSSR count). The van der Waals surface area contributed by atoms with Crippen molar-refractivity contribution < 1.29 is 50.9 Å². The second-order valence-electron chi connectivity index (χ2n) is 6.98. The number of hydrogen-bond acceptors (Lipinski definition) is 6. The van der Waals surface area contributed by atoms with Crippen molar-refractivity contribution in [3.8, 4) is 0 Å². The molecule has 0 aliphatic carbocycles. The summed E-state index contributed by atoms with van der Waals surface area (Å²) in [5, 5.41) is 14.2. The highest BCUT2D eigenvalue weighted by Crippen LogP contribution is 2.23. The van der Waals surface area contributed by atoms with E-state index in [1.807, 2.05) is 12.3 Å². The number of pyridine rings is 1. The minimum absolute atomic E-state index is 0.716. The summed E-state index contributed by atoms with van der Waals surface area (Å²) in [7, 11) is 2.13. The number of carboxylic acid groups (broad SMARTS) is 2. The van der Waals surface area contributed by atoms with Crippen molar-refractivity contribution in [1.29, 1.82) is 0 Å². The highest BCUT2D eigenvalue weighted by molar-refractivity contribution is 5.73. The number of hydrogen-bond donors (Lipinski definition) is 2. The highest BCUT2D eigenvalue weighted by Gasteiger charge is 2.38. The van der Waals surface area contributed by atoms with Gasteiger partial charge in [-0.2, -0.15) is 26.3 Å². The van der Waals surface area contributed by atoms with E-state index in [9.17, 15) is 26.3 Å². The van der Waals surface area contributed by atoms with Crippen molar-refractivity contribution in [2.24, 2.45) is 5.92 Å². The molecule has 2 N–H and O–H groups in total. The van der Waals surface area contributed by atoms with Crippen LogP contribution in [0.3, 0.4) is 0 Å². The van der Waals surface area contributed by atoms with Gasteiger partial charge in [-0.3, -0.25) is 4.90 Å². The second kappa shape index (κ2) is 11.9. The van der Waals surface area contributed by atoms with Crippen LogP contribution in [0.25, 0.3) is 0 Å². The molecule has 3 heterocycles. The summed E-state index contributed by atoms with van der Waals surface area (Å²) < 4.78 is 68.9. The minimum Gasteiger partial charge on any atom is -0.475 e. The molecule has 1 unspecified atom stereocenters. The number of fused-ring (bicyclic) bond motifs is 1. The van der Waals surface area contributed by atoms with Gasteiger partial charge in [0, 0.05) is 51.6 Å². The molecule has 0 amide bonds. The molecule has 0 saturated carbocycles. The average Bonchev–Trinajstić information content (AvgIpc) is 3.13. The molecule has 1 fully saturated rings. The van der Waals surface area contributed by atoms with Crippen LogP contribution in [0.2, 0.25) is 0 Å². The van der Waals surface area contributed by atoms with Gasteiger partial charge in [-0.05, 0) is 18.4 Å². The van der Waals surface area contributed by atoms with E-state index < -0.39 is 24.3 Å². The van der Waals surface area contributed by atoms with Crippen molar-refractivity contribution in [2.75, 3.05) is 44.8 Å². The molecule has 14 heteroatoms. The van der Waals surface area contributed by atoms with Gasteiger partial charge >= 0.3 is 24.3 Å². The van der Waals surface area contributed by atoms with Gasteiger partial charge in [-0.15, -0.1) is 0 Å². The van der Waals surface area contributed by atoms with Gasteiger partial charge in [0.05, 0.1) is 6.61 Å².